The summed E-state index contributed by atoms with van der Waals surface area (Å²) in [6.45, 7) is 6.48. The molecule has 7 heteroatoms. The Kier molecular flexibility index (Phi) is 8.53. The van der Waals surface area contributed by atoms with Gasteiger partial charge in [0.2, 0.25) is 0 Å². The Bertz CT molecular complexity index is 473. The van der Waals surface area contributed by atoms with E-state index in [2.05, 4.69) is 9.80 Å². The molecule has 0 spiro atoms. The van der Waals surface area contributed by atoms with Gasteiger partial charge in [-0.05, 0) is 51.9 Å². The zero-order valence-electron chi connectivity index (χ0n) is 17.8. The maximum absolute atomic E-state index is 12.0. The lowest BCUT2D eigenvalue weighted by molar-refractivity contribution is -0.185. The minimum atomic E-state index is -0.149. The minimum Gasteiger partial charge on any atom is -0.466 e. The van der Waals surface area contributed by atoms with E-state index in [0.29, 0.717) is 12.5 Å². The van der Waals surface area contributed by atoms with E-state index < -0.39 is 0 Å². The lowest BCUT2D eigenvalue weighted by Gasteiger charge is -2.39. The van der Waals surface area contributed by atoms with E-state index in [1.165, 1.54) is 12.8 Å². The van der Waals surface area contributed by atoms with Crippen molar-refractivity contribution in [3.05, 3.63) is 0 Å². The maximum atomic E-state index is 12.0. The number of carbonyl (C=O) groups is 1. The lowest BCUT2D eigenvalue weighted by Crippen LogP contribution is -2.50. The van der Waals surface area contributed by atoms with Crippen molar-refractivity contribution >= 4 is 5.97 Å². The summed E-state index contributed by atoms with van der Waals surface area (Å²) in [7, 11) is 3.43. The van der Waals surface area contributed by atoms with Crippen LogP contribution in [0.15, 0.2) is 0 Å². The van der Waals surface area contributed by atoms with Crippen LogP contribution >= 0.6 is 0 Å². The van der Waals surface area contributed by atoms with Crippen molar-refractivity contribution in [1.29, 1.82) is 0 Å². The van der Waals surface area contributed by atoms with E-state index in [9.17, 15) is 4.79 Å². The molecule has 0 aromatic heterocycles. The number of esters is 1. The van der Waals surface area contributed by atoms with Crippen LogP contribution in [0.25, 0.3) is 0 Å². The predicted molar refractivity (Wildman–Crippen MR) is 106 cm³/mol. The number of nitrogens with zero attached hydrogens (tertiary/aromatic N) is 2. The first-order valence-corrected chi connectivity index (χ1v) is 11.0. The van der Waals surface area contributed by atoms with Crippen molar-refractivity contribution < 1.29 is 23.7 Å². The zero-order valence-corrected chi connectivity index (χ0v) is 17.8. The lowest BCUT2D eigenvalue weighted by atomic mass is 9.87. The SMILES string of the molecule is CCOC(=O)C1CCC(OC(N2CCCC2)N2CC[C@H](C(OC)OC)C2)CC1. The summed E-state index contributed by atoms with van der Waals surface area (Å²) in [6, 6.07) is 0. The van der Waals surface area contributed by atoms with E-state index in [4.69, 9.17) is 18.9 Å². The van der Waals surface area contributed by atoms with Gasteiger partial charge in [-0.2, -0.15) is 0 Å². The molecule has 28 heavy (non-hydrogen) atoms. The summed E-state index contributed by atoms with van der Waals surface area (Å²) >= 11 is 0. The second-order valence-electron chi connectivity index (χ2n) is 8.31. The molecule has 3 fully saturated rings. The average Bonchev–Trinajstić information content (AvgIpc) is 3.40. The Morgan fingerprint density at radius 3 is 2.25 bits per heavy atom. The second kappa shape index (κ2) is 10.9. The largest absolute Gasteiger partial charge is 0.466 e. The first-order chi connectivity index (χ1) is 13.7. The van der Waals surface area contributed by atoms with Crippen LogP contribution in [0.2, 0.25) is 0 Å². The molecule has 0 aromatic rings. The topological polar surface area (TPSA) is 60.5 Å². The summed E-state index contributed by atoms with van der Waals surface area (Å²) in [5, 5.41) is 0. The van der Waals surface area contributed by atoms with Crippen LogP contribution < -0.4 is 0 Å². The molecular formula is C21H38N2O5. The van der Waals surface area contributed by atoms with Crippen LogP contribution in [0.5, 0.6) is 0 Å². The molecule has 2 saturated heterocycles. The fourth-order valence-corrected chi connectivity index (χ4v) is 4.95. The van der Waals surface area contributed by atoms with Crippen molar-refractivity contribution in [2.75, 3.05) is 47.0 Å². The van der Waals surface area contributed by atoms with Crippen molar-refractivity contribution in [3.63, 3.8) is 0 Å². The van der Waals surface area contributed by atoms with Crippen molar-refractivity contribution in [3.8, 4) is 0 Å². The molecular weight excluding hydrogens is 360 g/mol. The van der Waals surface area contributed by atoms with Gasteiger partial charge in [0.05, 0.1) is 18.6 Å². The van der Waals surface area contributed by atoms with Crippen molar-refractivity contribution in [1.82, 2.24) is 9.80 Å². The van der Waals surface area contributed by atoms with Gasteiger partial charge in [0.15, 0.2) is 12.6 Å². The molecule has 0 bridgehead atoms. The van der Waals surface area contributed by atoms with E-state index in [1.807, 2.05) is 6.92 Å². The fourth-order valence-electron chi connectivity index (χ4n) is 4.95. The fraction of sp³-hybridized carbons (Fsp3) is 0.952. The summed E-state index contributed by atoms with van der Waals surface area (Å²) in [5.74, 6) is 0.387. The first-order valence-electron chi connectivity index (χ1n) is 11.0. The smallest absolute Gasteiger partial charge is 0.308 e. The molecule has 3 rings (SSSR count). The molecule has 0 aromatic carbocycles. The molecule has 1 unspecified atom stereocenters. The van der Waals surface area contributed by atoms with Gasteiger partial charge in [0, 0.05) is 46.3 Å². The van der Waals surface area contributed by atoms with E-state index in [0.717, 1.165) is 58.3 Å². The second-order valence-corrected chi connectivity index (χ2v) is 8.31. The Morgan fingerprint density at radius 2 is 1.64 bits per heavy atom. The normalized spacial score (nSPS) is 30.8. The Morgan fingerprint density at radius 1 is 0.964 bits per heavy atom. The molecule has 2 atom stereocenters. The monoisotopic (exact) mass is 398 g/mol. The Labute approximate surface area is 169 Å². The van der Waals surface area contributed by atoms with Gasteiger partial charge in [-0.1, -0.05) is 0 Å². The van der Waals surface area contributed by atoms with Gasteiger partial charge in [0.25, 0.3) is 0 Å². The van der Waals surface area contributed by atoms with Gasteiger partial charge in [-0.15, -0.1) is 0 Å². The van der Waals surface area contributed by atoms with Gasteiger partial charge in [0.1, 0.15) is 0 Å². The quantitative estimate of drug-likeness (QED) is 0.437. The molecule has 0 N–H and O–H groups in total. The van der Waals surface area contributed by atoms with Crippen LogP contribution in [-0.4, -0.2) is 81.5 Å². The minimum absolute atomic E-state index is 0.0333. The highest BCUT2D eigenvalue weighted by Gasteiger charge is 2.39. The molecule has 2 aliphatic heterocycles. The van der Waals surface area contributed by atoms with Gasteiger partial charge in [-0.25, -0.2) is 0 Å². The molecule has 7 nitrogen and oxygen atoms in total. The Hall–Kier alpha value is -0.730. The van der Waals surface area contributed by atoms with E-state index in [1.54, 1.807) is 14.2 Å². The summed E-state index contributed by atoms with van der Waals surface area (Å²) in [4.78, 5) is 16.9. The van der Waals surface area contributed by atoms with Crippen molar-refractivity contribution in [2.45, 2.75) is 70.6 Å². The highest BCUT2D eigenvalue weighted by atomic mass is 16.7. The summed E-state index contributed by atoms with van der Waals surface area (Å²) in [5.41, 5.74) is 0. The third-order valence-corrected chi connectivity index (χ3v) is 6.48. The average molecular weight is 399 g/mol. The van der Waals surface area contributed by atoms with Crippen LogP contribution in [0, 0.1) is 11.8 Å². The van der Waals surface area contributed by atoms with E-state index >= 15 is 0 Å². The standard InChI is InChI=1S/C21H38N2O5/c1-4-27-19(24)16-7-9-18(10-8-16)28-21(22-12-5-6-13-22)23-14-11-17(15-23)20(25-2)26-3/h16-18,20-21H,4-15H2,1-3H3/t16?,17-,18?,21?/m0/s1. The highest BCUT2D eigenvalue weighted by molar-refractivity contribution is 5.72. The van der Waals surface area contributed by atoms with Crippen LogP contribution in [0.1, 0.15) is 51.9 Å². The summed E-state index contributed by atoms with van der Waals surface area (Å²) in [6.07, 6.45) is 7.26. The van der Waals surface area contributed by atoms with E-state index in [-0.39, 0.29) is 30.6 Å². The third-order valence-electron chi connectivity index (χ3n) is 6.48. The van der Waals surface area contributed by atoms with Gasteiger partial charge in [-0.3, -0.25) is 14.6 Å². The number of carbonyl (C=O) groups excluding carboxylic acids is 1. The maximum Gasteiger partial charge on any atom is 0.308 e. The molecule has 3 aliphatic rings. The predicted octanol–water partition coefficient (Wildman–Crippen LogP) is 2.45. The highest BCUT2D eigenvalue weighted by Crippen LogP contribution is 2.32. The molecule has 0 amide bonds. The van der Waals surface area contributed by atoms with Gasteiger partial charge >= 0.3 is 5.97 Å². The number of hydrogen-bond acceptors (Lipinski definition) is 7. The number of likely N-dealkylation sites (tertiary alicyclic amines) is 2. The molecule has 1 aliphatic carbocycles. The Balaban J connectivity index is 1.55. The number of ether oxygens (including phenoxy) is 4. The third kappa shape index (κ3) is 5.45. The molecule has 2 heterocycles. The number of hydrogen-bond donors (Lipinski definition) is 0. The first kappa shape index (κ1) is 22.0. The zero-order chi connectivity index (χ0) is 19.9. The van der Waals surface area contributed by atoms with Crippen LogP contribution in [0.3, 0.4) is 0 Å². The van der Waals surface area contributed by atoms with Gasteiger partial charge < -0.3 is 18.9 Å². The van der Waals surface area contributed by atoms with Crippen molar-refractivity contribution in [2.24, 2.45) is 11.8 Å². The van der Waals surface area contributed by atoms with Crippen LogP contribution in [-0.2, 0) is 23.7 Å². The number of methoxy groups -OCH3 is 2. The molecule has 162 valence electrons. The molecule has 0 radical (unpaired) electrons. The summed E-state index contributed by atoms with van der Waals surface area (Å²) < 4.78 is 22.8. The molecule has 1 saturated carbocycles. The van der Waals surface area contributed by atoms with Crippen LogP contribution in [0.4, 0.5) is 0 Å². The number of rotatable bonds is 9.